The summed E-state index contributed by atoms with van der Waals surface area (Å²) >= 11 is 0. The van der Waals surface area contributed by atoms with E-state index in [-0.39, 0.29) is 11.9 Å². The third-order valence-electron chi connectivity index (χ3n) is 4.13. The highest BCUT2D eigenvalue weighted by atomic mass is 19.1. The lowest BCUT2D eigenvalue weighted by atomic mass is 9.93. The van der Waals surface area contributed by atoms with Crippen LogP contribution >= 0.6 is 0 Å². The summed E-state index contributed by atoms with van der Waals surface area (Å²) in [5.74, 6) is -0.226. The van der Waals surface area contributed by atoms with Crippen molar-refractivity contribution in [2.75, 3.05) is 0 Å². The Morgan fingerprint density at radius 2 is 1.70 bits per heavy atom. The van der Waals surface area contributed by atoms with E-state index in [1.165, 1.54) is 28.5 Å². The molecule has 0 bridgehead atoms. The molecule has 0 saturated carbocycles. The van der Waals surface area contributed by atoms with Crippen LogP contribution < -0.4 is 0 Å². The molecule has 1 atom stereocenters. The molecule has 0 fully saturated rings. The maximum atomic E-state index is 13.3. The van der Waals surface area contributed by atoms with Gasteiger partial charge in [0, 0.05) is 12.4 Å². The Morgan fingerprint density at radius 3 is 2.37 bits per heavy atom. The number of rotatable bonds is 3. The molecule has 0 aliphatic heterocycles. The number of fused-ring (bicyclic) bond motifs is 1. The first-order valence-corrected chi connectivity index (χ1v) is 8.10. The van der Waals surface area contributed by atoms with E-state index < -0.39 is 5.09 Å². The summed E-state index contributed by atoms with van der Waals surface area (Å²) in [7, 11) is 0. The van der Waals surface area contributed by atoms with Gasteiger partial charge < -0.3 is 9.77 Å². The van der Waals surface area contributed by atoms with E-state index in [1.54, 1.807) is 12.5 Å². The summed E-state index contributed by atoms with van der Waals surface area (Å²) < 4.78 is 15.4. The van der Waals surface area contributed by atoms with Crippen LogP contribution in [0, 0.1) is 15.9 Å². The fraction of sp³-hybridized carbons (Fsp3) is 0.0500. The third kappa shape index (κ3) is 4.27. The van der Waals surface area contributed by atoms with Crippen molar-refractivity contribution in [1.82, 2.24) is 9.55 Å². The highest BCUT2D eigenvalue weighted by Gasteiger charge is 2.18. The molecule has 1 N–H and O–H groups in total. The molecule has 1 aromatic heterocycles. The van der Waals surface area contributed by atoms with Crippen molar-refractivity contribution in [3.8, 4) is 0 Å². The molecule has 136 valence electrons. The summed E-state index contributed by atoms with van der Waals surface area (Å²) in [6, 6.07) is 21.2. The lowest BCUT2D eigenvalue weighted by molar-refractivity contribution is -0.742. The number of hydrogen-bond donors (Lipinski definition) is 1. The van der Waals surface area contributed by atoms with Gasteiger partial charge in [-0.25, -0.2) is 9.37 Å². The quantitative estimate of drug-likeness (QED) is 0.429. The maximum Gasteiger partial charge on any atom is 0.291 e. The average Bonchev–Trinajstić information content (AvgIpc) is 3.18. The molecule has 0 aliphatic carbocycles. The van der Waals surface area contributed by atoms with Crippen LogP contribution in [-0.4, -0.2) is 19.8 Å². The Morgan fingerprint density at radius 1 is 1.04 bits per heavy atom. The number of halogens is 1. The summed E-state index contributed by atoms with van der Waals surface area (Å²) in [5, 5.41) is 16.0. The molecule has 27 heavy (non-hydrogen) atoms. The minimum absolute atomic E-state index is 0.0378. The van der Waals surface area contributed by atoms with Crippen LogP contribution in [0.25, 0.3) is 10.8 Å². The second kappa shape index (κ2) is 8.09. The molecule has 0 spiro atoms. The highest BCUT2D eigenvalue weighted by molar-refractivity contribution is 5.86. The van der Waals surface area contributed by atoms with Crippen molar-refractivity contribution in [3.05, 3.63) is 113 Å². The zero-order valence-electron chi connectivity index (χ0n) is 14.1. The predicted octanol–water partition coefficient (Wildman–Crippen LogP) is 4.47. The fourth-order valence-electron chi connectivity index (χ4n) is 3.07. The van der Waals surface area contributed by atoms with Crippen molar-refractivity contribution in [3.63, 3.8) is 0 Å². The molecule has 3 aromatic carbocycles. The van der Waals surface area contributed by atoms with E-state index in [0.29, 0.717) is 0 Å². The van der Waals surface area contributed by atoms with Crippen LogP contribution in [0.4, 0.5) is 4.39 Å². The third-order valence-corrected chi connectivity index (χ3v) is 4.13. The van der Waals surface area contributed by atoms with Crippen molar-refractivity contribution < 1.29 is 14.7 Å². The smallest absolute Gasteiger partial charge is 0.291 e. The lowest BCUT2D eigenvalue weighted by Crippen LogP contribution is -2.11. The molecule has 1 heterocycles. The SMILES string of the molecule is Fc1ccc(C(c2cccc3ccccc23)n2ccnc2)cc1.O=[N+]([O-])O. The second-order valence-electron chi connectivity index (χ2n) is 5.77. The molecule has 4 rings (SSSR count). The minimum Gasteiger partial charge on any atom is -0.328 e. The topological polar surface area (TPSA) is 81.2 Å². The molecule has 0 radical (unpaired) electrons. The number of hydrogen-bond acceptors (Lipinski definition) is 3. The molecule has 7 heteroatoms. The first-order chi connectivity index (χ1) is 13.1. The maximum absolute atomic E-state index is 13.3. The number of imidazole rings is 1. The van der Waals surface area contributed by atoms with Gasteiger partial charge in [-0.15, -0.1) is 10.1 Å². The van der Waals surface area contributed by atoms with E-state index >= 15 is 0 Å². The number of aromatic nitrogens is 2. The standard InChI is InChI=1S/C20H15FN2.HNO3/c21-17-10-8-16(9-11-17)20(23-13-12-22-14-23)19-7-3-5-15-4-1-2-6-18(15)19;2-1(3)4/h1-14,20H;(H,2,3,4). The first kappa shape index (κ1) is 18.1. The van der Waals surface area contributed by atoms with E-state index in [4.69, 9.17) is 15.3 Å². The van der Waals surface area contributed by atoms with Gasteiger partial charge in [-0.1, -0.05) is 54.6 Å². The molecular weight excluding hydrogens is 349 g/mol. The van der Waals surface area contributed by atoms with Gasteiger partial charge in [0.25, 0.3) is 5.09 Å². The lowest BCUT2D eigenvalue weighted by Gasteiger charge is -2.21. The summed E-state index contributed by atoms with van der Waals surface area (Å²) in [6.07, 6.45) is 5.51. The molecule has 1 unspecified atom stereocenters. The van der Waals surface area contributed by atoms with Crippen LogP contribution in [0.1, 0.15) is 17.2 Å². The van der Waals surface area contributed by atoms with Gasteiger partial charge in [0.1, 0.15) is 5.82 Å². The van der Waals surface area contributed by atoms with Crippen molar-refractivity contribution in [2.24, 2.45) is 0 Å². The van der Waals surface area contributed by atoms with Crippen LogP contribution in [-0.2, 0) is 0 Å². The van der Waals surface area contributed by atoms with Gasteiger partial charge >= 0.3 is 0 Å². The molecule has 0 amide bonds. The zero-order valence-corrected chi connectivity index (χ0v) is 14.1. The predicted molar refractivity (Wildman–Crippen MR) is 98.6 cm³/mol. The Balaban J connectivity index is 0.000000481. The van der Waals surface area contributed by atoms with Gasteiger partial charge in [0.05, 0.1) is 12.4 Å². The molecule has 0 saturated heterocycles. The summed E-state index contributed by atoms with van der Waals surface area (Å²) in [4.78, 5) is 12.5. The number of nitrogens with zero attached hydrogens (tertiary/aromatic N) is 3. The van der Waals surface area contributed by atoms with Crippen LogP contribution in [0.2, 0.25) is 0 Å². The average molecular weight is 365 g/mol. The van der Waals surface area contributed by atoms with Gasteiger partial charge in [0.15, 0.2) is 0 Å². The Labute approximate surface area is 154 Å². The highest BCUT2D eigenvalue weighted by Crippen LogP contribution is 2.32. The Bertz CT molecular complexity index is 1020. The summed E-state index contributed by atoms with van der Waals surface area (Å²) in [6.45, 7) is 0. The molecular formula is C20H16FN3O3. The van der Waals surface area contributed by atoms with Crippen molar-refractivity contribution in [2.45, 2.75) is 6.04 Å². The van der Waals surface area contributed by atoms with Crippen molar-refractivity contribution >= 4 is 10.8 Å². The van der Waals surface area contributed by atoms with E-state index in [2.05, 4.69) is 39.9 Å². The van der Waals surface area contributed by atoms with Gasteiger partial charge in [-0.3, -0.25) is 0 Å². The van der Waals surface area contributed by atoms with Crippen LogP contribution in [0.3, 0.4) is 0 Å². The van der Waals surface area contributed by atoms with E-state index in [0.717, 1.165) is 5.56 Å². The summed E-state index contributed by atoms with van der Waals surface area (Å²) in [5.41, 5.74) is 2.20. The van der Waals surface area contributed by atoms with Crippen LogP contribution in [0.5, 0.6) is 0 Å². The molecule has 6 nitrogen and oxygen atoms in total. The minimum atomic E-state index is -1.50. The Hall–Kier alpha value is -3.74. The molecule has 4 aromatic rings. The first-order valence-electron chi connectivity index (χ1n) is 8.10. The Kier molecular flexibility index (Phi) is 5.41. The van der Waals surface area contributed by atoms with Gasteiger partial charge in [-0.2, -0.15) is 0 Å². The van der Waals surface area contributed by atoms with Crippen molar-refractivity contribution in [1.29, 1.82) is 0 Å². The van der Waals surface area contributed by atoms with Crippen LogP contribution in [0.15, 0.2) is 85.5 Å². The monoisotopic (exact) mass is 365 g/mol. The van der Waals surface area contributed by atoms with E-state index in [1.807, 2.05) is 30.5 Å². The normalized spacial score (nSPS) is 11.4. The second-order valence-corrected chi connectivity index (χ2v) is 5.77. The van der Waals surface area contributed by atoms with Gasteiger partial charge in [0.2, 0.25) is 0 Å². The molecule has 0 aliphatic rings. The van der Waals surface area contributed by atoms with Gasteiger partial charge in [-0.05, 0) is 34.0 Å². The number of benzene rings is 3. The fourth-order valence-corrected chi connectivity index (χ4v) is 3.07. The zero-order chi connectivity index (χ0) is 19.2. The largest absolute Gasteiger partial charge is 0.328 e. The van der Waals surface area contributed by atoms with E-state index in [9.17, 15) is 4.39 Å².